The number of anilines is 2. The maximum Gasteiger partial charge on any atom is 0.319 e. The summed E-state index contributed by atoms with van der Waals surface area (Å²) in [4.78, 5) is 30.7. The summed E-state index contributed by atoms with van der Waals surface area (Å²) in [6.07, 6.45) is 25.8. The van der Waals surface area contributed by atoms with Crippen LogP contribution in [0.15, 0.2) is 48.5 Å². The molecule has 312 valence electrons. The van der Waals surface area contributed by atoms with Crippen LogP contribution in [0.25, 0.3) is 0 Å². The van der Waals surface area contributed by atoms with Crippen LogP contribution in [-0.2, 0) is 6.42 Å². The molecule has 0 saturated heterocycles. The first-order valence-electron chi connectivity index (χ1n) is 22.7. The van der Waals surface area contributed by atoms with E-state index < -0.39 is 0 Å². The molecule has 0 spiro atoms. The largest absolute Gasteiger partial charge is 0.338 e. The average Bonchev–Trinajstić information content (AvgIpc) is 3.17. The van der Waals surface area contributed by atoms with Gasteiger partial charge in [-0.15, -0.1) is 0 Å². The van der Waals surface area contributed by atoms with Gasteiger partial charge in [0.25, 0.3) is 0 Å². The number of rotatable bonds is 34. The molecule has 0 aliphatic heterocycles. The van der Waals surface area contributed by atoms with Crippen LogP contribution in [0.2, 0.25) is 0 Å². The molecular formula is C47H82N6O2. The van der Waals surface area contributed by atoms with Crippen molar-refractivity contribution in [1.82, 2.24) is 20.4 Å². The minimum Gasteiger partial charge on any atom is -0.338 e. The molecule has 0 unspecified atom stereocenters. The van der Waals surface area contributed by atoms with Gasteiger partial charge in [-0.1, -0.05) is 129 Å². The van der Waals surface area contributed by atoms with Gasteiger partial charge in [0, 0.05) is 24.5 Å². The van der Waals surface area contributed by atoms with E-state index in [1.165, 1.54) is 129 Å². The van der Waals surface area contributed by atoms with Crippen LogP contribution in [0.3, 0.4) is 0 Å². The second kappa shape index (κ2) is 33.1. The van der Waals surface area contributed by atoms with Crippen LogP contribution in [0.1, 0.15) is 167 Å². The number of unbranched alkanes of at least 4 members (excludes halogenated alkanes) is 14. The van der Waals surface area contributed by atoms with E-state index in [9.17, 15) is 9.59 Å². The van der Waals surface area contributed by atoms with Crippen molar-refractivity contribution in [1.29, 1.82) is 0 Å². The Morgan fingerprint density at radius 3 is 1.15 bits per heavy atom. The van der Waals surface area contributed by atoms with Crippen LogP contribution in [0.5, 0.6) is 0 Å². The van der Waals surface area contributed by atoms with Crippen LogP contribution < -0.4 is 21.3 Å². The molecule has 0 saturated carbocycles. The zero-order valence-corrected chi connectivity index (χ0v) is 35.8. The van der Waals surface area contributed by atoms with Crippen molar-refractivity contribution in [3.63, 3.8) is 0 Å². The molecule has 8 heteroatoms. The lowest BCUT2D eigenvalue weighted by molar-refractivity contribution is 0.247. The average molecular weight is 763 g/mol. The Balaban J connectivity index is 1.70. The summed E-state index contributed by atoms with van der Waals surface area (Å²) in [5.74, 6) is 0. The lowest BCUT2D eigenvalue weighted by Gasteiger charge is -2.22. The maximum absolute atomic E-state index is 12.7. The molecule has 4 amide bonds. The lowest BCUT2D eigenvalue weighted by Crippen LogP contribution is -2.31. The summed E-state index contributed by atoms with van der Waals surface area (Å²) in [5.41, 5.74) is 3.76. The molecule has 2 rings (SSSR count). The standard InChI is InChI=1S/C47H82N6O2/c1-5-9-13-15-21-35-52(33-19-11-7-3)37-23-17-31-48-46(54)50-44-29-25-27-42(40-44)39-43-28-26-30-45(41-43)51-47(55)49-32-18-24-38-53(34-20-12-8-4)36-22-16-14-10-6-2/h25-30,40-41H,5-24,31-39H2,1-4H3,(H2,48,50,54)(H2,49,51,55). The number of hydrogen-bond donors (Lipinski definition) is 4. The van der Waals surface area contributed by atoms with E-state index in [1.54, 1.807) is 0 Å². The number of benzene rings is 2. The molecule has 0 aliphatic rings. The topological polar surface area (TPSA) is 88.7 Å². The third-order valence-electron chi connectivity index (χ3n) is 10.5. The molecule has 2 aromatic rings. The molecule has 0 radical (unpaired) electrons. The fourth-order valence-electron chi connectivity index (χ4n) is 7.15. The summed E-state index contributed by atoms with van der Waals surface area (Å²) < 4.78 is 0. The molecule has 0 heterocycles. The third kappa shape index (κ3) is 25.6. The zero-order chi connectivity index (χ0) is 39.6. The predicted molar refractivity (Wildman–Crippen MR) is 238 cm³/mol. The minimum atomic E-state index is -0.160. The smallest absolute Gasteiger partial charge is 0.319 e. The van der Waals surface area contributed by atoms with Gasteiger partial charge >= 0.3 is 12.1 Å². The highest BCUT2D eigenvalue weighted by molar-refractivity contribution is 5.89. The summed E-state index contributed by atoms with van der Waals surface area (Å²) >= 11 is 0. The monoisotopic (exact) mass is 763 g/mol. The van der Waals surface area contributed by atoms with Gasteiger partial charge < -0.3 is 31.1 Å². The molecule has 0 aliphatic carbocycles. The molecule has 8 nitrogen and oxygen atoms in total. The highest BCUT2D eigenvalue weighted by Crippen LogP contribution is 2.18. The molecule has 0 bridgehead atoms. The quantitative estimate of drug-likeness (QED) is 0.0535. The predicted octanol–water partition coefficient (Wildman–Crippen LogP) is 12.0. The highest BCUT2D eigenvalue weighted by Gasteiger charge is 2.09. The van der Waals surface area contributed by atoms with Crippen molar-refractivity contribution < 1.29 is 9.59 Å². The number of nitrogens with zero attached hydrogens (tertiary/aromatic N) is 2. The van der Waals surface area contributed by atoms with Gasteiger partial charge in [-0.3, -0.25) is 0 Å². The van der Waals surface area contributed by atoms with Gasteiger partial charge in [0.15, 0.2) is 0 Å². The third-order valence-corrected chi connectivity index (χ3v) is 10.5. The molecule has 0 fully saturated rings. The van der Waals surface area contributed by atoms with E-state index in [2.05, 4.69) is 70.9 Å². The molecule has 2 aromatic carbocycles. The van der Waals surface area contributed by atoms with Crippen LogP contribution >= 0.6 is 0 Å². The number of carbonyl (C=O) groups excluding carboxylic acids is 2. The lowest BCUT2D eigenvalue weighted by atomic mass is 10.0. The zero-order valence-electron chi connectivity index (χ0n) is 35.8. The Morgan fingerprint density at radius 2 is 0.764 bits per heavy atom. The van der Waals surface area contributed by atoms with E-state index in [4.69, 9.17) is 0 Å². The molecule has 55 heavy (non-hydrogen) atoms. The Morgan fingerprint density at radius 1 is 0.436 bits per heavy atom. The van der Waals surface area contributed by atoms with Gasteiger partial charge in [0.1, 0.15) is 0 Å². The van der Waals surface area contributed by atoms with Gasteiger partial charge in [-0.2, -0.15) is 0 Å². The van der Waals surface area contributed by atoms with Crippen molar-refractivity contribution in [2.75, 3.05) is 63.0 Å². The van der Waals surface area contributed by atoms with Crippen LogP contribution in [0.4, 0.5) is 21.0 Å². The second-order valence-corrected chi connectivity index (χ2v) is 15.7. The van der Waals surface area contributed by atoms with Gasteiger partial charge in [-0.25, -0.2) is 9.59 Å². The van der Waals surface area contributed by atoms with E-state index in [0.717, 1.165) is 61.3 Å². The minimum absolute atomic E-state index is 0.160. The van der Waals surface area contributed by atoms with E-state index >= 15 is 0 Å². The first kappa shape index (κ1) is 48.0. The highest BCUT2D eigenvalue weighted by atomic mass is 16.2. The normalized spacial score (nSPS) is 11.3. The first-order chi connectivity index (χ1) is 27.0. The van der Waals surface area contributed by atoms with Crippen molar-refractivity contribution in [3.05, 3.63) is 59.7 Å². The summed E-state index contributed by atoms with van der Waals surface area (Å²) in [5, 5.41) is 12.1. The van der Waals surface area contributed by atoms with Gasteiger partial charge in [-0.05, 0) is 132 Å². The number of carbonyl (C=O) groups is 2. The van der Waals surface area contributed by atoms with Crippen LogP contribution in [0, 0.1) is 0 Å². The van der Waals surface area contributed by atoms with Crippen LogP contribution in [-0.4, -0.2) is 74.2 Å². The van der Waals surface area contributed by atoms with Crippen molar-refractivity contribution >= 4 is 23.4 Å². The number of nitrogens with one attached hydrogen (secondary N) is 4. The number of urea groups is 2. The Labute approximate surface area is 337 Å². The molecule has 4 N–H and O–H groups in total. The van der Waals surface area contributed by atoms with E-state index in [-0.39, 0.29) is 12.1 Å². The van der Waals surface area contributed by atoms with Crippen molar-refractivity contribution in [3.8, 4) is 0 Å². The molecular weight excluding hydrogens is 681 g/mol. The maximum atomic E-state index is 12.7. The molecule has 0 atom stereocenters. The Hall–Kier alpha value is -3.10. The first-order valence-corrected chi connectivity index (χ1v) is 22.7. The summed E-state index contributed by atoms with van der Waals surface area (Å²) in [6.45, 7) is 17.4. The van der Waals surface area contributed by atoms with Gasteiger partial charge in [0.2, 0.25) is 0 Å². The van der Waals surface area contributed by atoms with E-state index in [1.807, 2.05) is 36.4 Å². The van der Waals surface area contributed by atoms with Crippen molar-refractivity contribution in [2.45, 2.75) is 163 Å². The summed E-state index contributed by atoms with van der Waals surface area (Å²) in [7, 11) is 0. The second-order valence-electron chi connectivity index (χ2n) is 15.7. The Kier molecular flexibility index (Phi) is 28.9. The fraction of sp³-hybridized carbons (Fsp3) is 0.702. The van der Waals surface area contributed by atoms with Gasteiger partial charge in [0.05, 0.1) is 0 Å². The number of amides is 4. The number of hydrogen-bond acceptors (Lipinski definition) is 4. The Bertz CT molecular complexity index is 1150. The van der Waals surface area contributed by atoms with Crippen molar-refractivity contribution in [2.24, 2.45) is 0 Å². The SMILES string of the molecule is CCCCCCCN(CCCCC)CCCCNC(=O)Nc1cccc(Cc2cccc(NC(=O)NCCCCN(CCCCC)CCCCCCC)c2)c1. The fourth-order valence-corrected chi connectivity index (χ4v) is 7.15. The summed E-state index contributed by atoms with van der Waals surface area (Å²) in [6, 6.07) is 15.7. The molecule has 0 aromatic heterocycles. The van der Waals surface area contributed by atoms with E-state index in [0.29, 0.717) is 19.5 Å².